The van der Waals surface area contributed by atoms with E-state index in [-0.39, 0.29) is 0 Å². The standard InChI is InChI=1S/C18H16BrN3O3S/c1-24-15-5-3-4-13(16(15)25-2)20-17(23)22-18-21-14(10-26-18)11-6-8-12(19)9-7-11/h3-10H,1-2H3,(H2,20,21,22,23). The fourth-order valence-corrected chi connectivity index (χ4v) is 3.30. The van der Waals surface area contributed by atoms with Crippen LogP contribution in [0.3, 0.4) is 0 Å². The van der Waals surface area contributed by atoms with Crippen LogP contribution in [-0.2, 0) is 0 Å². The number of nitrogens with zero attached hydrogens (tertiary/aromatic N) is 1. The predicted octanol–water partition coefficient (Wildman–Crippen LogP) is 5.23. The van der Waals surface area contributed by atoms with Crippen molar-refractivity contribution in [3.05, 3.63) is 52.3 Å². The molecule has 0 radical (unpaired) electrons. The van der Waals surface area contributed by atoms with Gasteiger partial charge in [0.15, 0.2) is 16.6 Å². The van der Waals surface area contributed by atoms with Crippen LogP contribution in [0.25, 0.3) is 11.3 Å². The summed E-state index contributed by atoms with van der Waals surface area (Å²) in [5.74, 6) is 0.997. The van der Waals surface area contributed by atoms with E-state index < -0.39 is 6.03 Å². The van der Waals surface area contributed by atoms with Gasteiger partial charge in [0.05, 0.1) is 25.6 Å². The molecule has 8 heteroatoms. The number of thiazole rings is 1. The van der Waals surface area contributed by atoms with Crippen LogP contribution in [0.4, 0.5) is 15.6 Å². The van der Waals surface area contributed by atoms with E-state index in [2.05, 4.69) is 31.5 Å². The van der Waals surface area contributed by atoms with Crippen LogP contribution < -0.4 is 20.1 Å². The van der Waals surface area contributed by atoms with Gasteiger partial charge in [-0.15, -0.1) is 11.3 Å². The normalized spacial score (nSPS) is 10.3. The number of hydrogen-bond donors (Lipinski definition) is 2. The second-order valence-electron chi connectivity index (χ2n) is 5.16. The van der Waals surface area contributed by atoms with Gasteiger partial charge >= 0.3 is 6.03 Å². The number of ether oxygens (including phenoxy) is 2. The minimum Gasteiger partial charge on any atom is -0.493 e. The Balaban J connectivity index is 1.70. The molecule has 6 nitrogen and oxygen atoms in total. The number of para-hydroxylation sites is 1. The SMILES string of the molecule is COc1cccc(NC(=O)Nc2nc(-c3ccc(Br)cc3)cs2)c1OC. The van der Waals surface area contributed by atoms with Crippen LogP contribution in [0, 0.1) is 0 Å². The van der Waals surface area contributed by atoms with E-state index in [1.807, 2.05) is 29.6 Å². The first kappa shape index (κ1) is 18.2. The Kier molecular flexibility index (Phi) is 5.75. The number of nitrogens with one attached hydrogen (secondary N) is 2. The summed E-state index contributed by atoms with van der Waals surface area (Å²) >= 11 is 4.76. The van der Waals surface area contributed by atoms with Gasteiger partial charge in [-0.3, -0.25) is 5.32 Å². The molecule has 2 amide bonds. The number of benzene rings is 2. The Hall–Kier alpha value is -2.58. The minimum atomic E-state index is -0.409. The van der Waals surface area contributed by atoms with Gasteiger partial charge in [-0.05, 0) is 24.3 Å². The summed E-state index contributed by atoms with van der Waals surface area (Å²) in [6, 6.07) is 12.7. The summed E-state index contributed by atoms with van der Waals surface area (Å²) in [6.45, 7) is 0. The second-order valence-corrected chi connectivity index (χ2v) is 6.94. The Morgan fingerprint density at radius 3 is 2.54 bits per heavy atom. The molecule has 1 aromatic heterocycles. The van der Waals surface area contributed by atoms with E-state index in [1.54, 1.807) is 25.3 Å². The maximum absolute atomic E-state index is 12.3. The van der Waals surface area contributed by atoms with Crippen LogP contribution >= 0.6 is 27.3 Å². The molecule has 0 atom stereocenters. The van der Waals surface area contributed by atoms with Gasteiger partial charge in [0.2, 0.25) is 0 Å². The van der Waals surface area contributed by atoms with Gasteiger partial charge in [-0.2, -0.15) is 0 Å². The topological polar surface area (TPSA) is 72.5 Å². The Labute approximate surface area is 163 Å². The number of methoxy groups -OCH3 is 2. The highest BCUT2D eigenvalue weighted by Gasteiger charge is 2.13. The number of urea groups is 1. The van der Waals surface area contributed by atoms with E-state index in [9.17, 15) is 4.79 Å². The Morgan fingerprint density at radius 1 is 1.08 bits per heavy atom. The lowest BCUT2D eigenvalue weighted by atomic mass is 10.2. The van der Waals surface area contributed by atoms with Gasteiger partial charge < -0.3 is 14.8 Å². The molecule has 3 aromatic rings. The molecule has 0 saturated heterocycles. The van der Waals surface area contributed by atoms with Gasteiger partial charge in [-0.25, -0.2) is 9.78 Å². The molecule has 3 rings (SSSR count). The Bertz CT molecular complexity index is 912. The number of amides is 2. The largest absolute Gasteiger partial charge is 0.493 e. The highest BCUT2D eigenvalue weighted by molar-refractivity contribution is 9.10. The van der Waals surface area contributed by atoms with Crippen LogP contribution in [0.5, 0.6) is 11.5 Å². The summed E-state index contributed by atoms with van der Waals surface area (Å²) in [5, 5.41) is 7.87. The first-order valence-corrected chi connectivity index (χ1v) is 9.28. The number of carbonyl (C=O) groups is 1. The van der Waals surface area contributed by atoms with Crippen LogP contribution in [-0.4, -0.2) is 25.2 Å². The van der Waals surface area contributed by atoms with Crippen molar-refractivity contribution in [3.63, 3.8) is 0 Å². The summed E-state index contributed by atoms with van der Waals surface area (Å²) in [4.78, 5) is 16.7. The molecule has 0 bridgehead atoms. The fraction of sp³-hybridized carbons (Fsp3) is 0.111. The van der Waals surface area contributed by atoms with E-state index in [1.165, 1.54) is 18.4 Å². The third kappa shape index (κ3) is 4.14. The van der Waals surface area contributed by atoms with Gasteiger partial charge in [0.1, 0.15) is 0 Å². The van der Waals surface area contributed by atoms with Gasteiger partial charge in [-0.1, -0.05) is 34.1 Å². The van der Waals surface area contributed by atoms with Crippen LogP contribution in [0.2, 0.25) is 0 Å². The quantitative estimate of drug-likeness (QED) is 0.577. The highest BCUT2D eigenvalue weighted by atomic mass is 79.9. The van der Waals surface area contributed by atoms with Crippen molar-refractivity contribution >= 4 is 44.1 Å². The second kappa shape index (κ2) is 8.20. The Morgan fingerprint density at radius 2 is 1.85 bits per heavy atom. The molecule has 0 aliphatic carbocycles. The van der Waals surface area contributed by atoms with Crippen molar-refractivity contribution in [1.82, 2.24) is 4.98 Å². The molecule has 1 heterocycles. The molecule has 0 spiro atoms. The van der Waals surface area contributed by atoms with E-state index in [0.29, 0.717) is 22.3 Å². The lowest BCUT2D eigenvalue weighted by Crippen LogP contribution is -2.19. The van der Waals surface area contributed by atoms with Gasteiger partial charge in [0, 0.05) is 15.4 Å². The maximum Gasteiger partial charge on any atom is 0.325 e. The van der Waals surface area contributed by atoms with E-state index in [4.69, 9.17) is 9.47 Å². The fourth-order valence-electron chi connectivity index (χ4n) is 2.32. The molecule has 2 aromatic carbocycles. The molecule has 26 heavy (non-hydrogen) atoms. The first-order chi connectivity index (χ1) is 12.6. The molecule has 2 N–H and O–H groups in total. The molecular weight excluding hydrogens is 418 g/mol. The van der Waals surface area contributed by atoms with E-state index in [0.717, 1.165) is 15.7 Å². The molecule has 134 valence electrons. The summed E-state index contributed by atoms with van der Waals surface area (Å²) in [5.41, 5.74) is 2.29. The van der Waals surface area contributed by atoms with Crippen molar-refractivity contribution < 1.29 is 14.3 Å². The number of carbonyl (C=O) groups excluding carboxylic acids is 1. The van der Waals surface area contributed by atoms with Crippen molar-refractivity contribution in [1.29, 1.82) is 0 Å². The number of halogens is 1. The summed E-state index contributed by atoms with van der Waals surface area (Å²) < 4.78 is 11.5. The average molecular weight is 434 g/mol. The van der Waals surface area contributed by atoms with Gasteiger partial charge in [0.25, 0.3) is 0 Å². The monoisotopic (exact) mass is 433 g/mol. The third-order valence-corrected chi connectivity index (χ3v) is 4.80. The molecule has 0 fully saturated rings. The summed E-state index contributed by atoms with van der Waals surface area (Å²) in [7, 11) is 3.06. The number of hydrogen-bond acceptors (Lipinski definition) is 5. The van der Waals surface area contributed by atoms with Crippen molar-refractivity contribution in [2.45, 2.75) is 0 Å². The average Bonchev–Trinajstić information content (AvgIpc) is 3.10. The van der Waals surface area contributed by atoms with Crippen LogP contribution in [0.15, 0.2) is 52.3 Å². The number of rotatable bonds is 5. The van der Waals surface area contributed by atoms with E-state index >= 15 is 0 Å². The summed E-state index contributed by atoms with van der Waals surface area (Å²) in [6.07, 6.45) is 0. The number of aromatic nitrogens is 1. The predicted molar refractivity (Wildman–Crippen MR) is 107 cm³/mol. The zero-order valence-corrected chi connectivity index (χ0v) is 16.5. The smallest absolute Gasteiger partial charge is 0.325 e. The highest BCUT2D eigenvalue weighted by Crippen LogP contribution is 2.35. The minimum absolute atomic E-state index is 0.409. The zero-order valence-electron chi connectivity index (χ0n) is 14.1. The van der Waals surface area contributed by atoms with Crippen molar-refractivity contribution in [3.8, 4) is 22.8 Å². The molecular formula is C18H16BrN3O3S. The zero-order chi connectivity index (χ0) is 18.5. The molecule has 0 saturated carbocycles. The lowest BCUT2D eigenvalue weighted by molar-refractivity contribution is 0.262. The maximum atomic E-state index is 12.3. The van der Waals surface area contributed by atoms with Crippen molar-refractivity contribution in [2.75, 3.05) is 24.9 Å². The number of anilines is 2. The van der Waals surface area contributed by atoms with Crippen molar-refractivity contribution in [2.24, 2.45) is 0 Å². The molecule has 0 aliphatic rings. The molecule has 0 unspecified atom stereocenters. The molecule has 0 aliphatic heterocycles. The third-order valence-electron chi connectivity index (χ3n) is 3.52. The lowest BCUT2D eigenvalue weighted by Gasteiger charge is -2.13. The first-order valence-electron chi connectivity index (χ1n) is 7.61. The van der Waals surface area contributed by atoms with Crippen LogP contribution in [0.1, 0.15) is 0 Å².